The van der Waals surface area contributed by atoms with Crippen molar-refractivity contribution in [1.82, 2.24) is 34.3 Å². The van der Waals surface area contributed by atoms with Gasteiger partial charge in [-0.15, -0.1) is 0 Å². The summed E-state index contributed by atoms with van der Waals surface area (Å²) >= 11 is 0. The second-order valence-corrected chi connectivity index (χ2v) is 7.49. The summed E-state index contributed by atoms with van der Waals surface area (Å²) in [7, 11) is 0. The van der Waals surface area contributed by atoms with Crippen molar-refractivity contribution in [3.8, 4) is 5.69 Å². The van der Waals surface area contributed by atoms with E-state index in [-0.39, 0.29) is 0 Å². The fraction of sp³-hybridized carbons (Fsp3) is 0.333. The number of likely N-dealkylation sites (tertiary alicyclic amines) is 1. The van der Waals surface area contributed by atoms with Gasteiger partial charge in [-0.2, -0.15) is 15.2 Å². The summed E-state index contributed by atoms with van der Waals surface area (Å²) in [6, 6.07) is 12.7. The Kier molecular flexibility index (Phi) is 4.37. The van der Waals surface area contributed by atoms with Crippen molar-refractivity contribution in [3.63, 3.8) is 0 Å². The summed E-state index contributed by atoms with van der Waals surface area (Å²) in [5.41, 5.74) is 4.63. The van der Waals surface area contributed by atoms with Crippen molar-refractivity contribution in [2.45, 2.75) is 32.2 Å². The van der Waals surface area contributed by atoms with Gasteiger partial charge in [0.05, 0.1) is 11.4 Å². The molecule has 28 heavy (non-hydrogen) atoms. The maximum Gasteiger partial charge on any atom is 0.252 e. The van der Waals surface area contributed by atoms with Crippen LogP contribution in [0.25, 0.3) is 11.5 Å². The first kappa shape index (κ1) is 17.1. The zero-order valence-electron chi connectivity index (χ0n) is 15.9. The van der Waals surface area contributed by atoms with Gasteiger partial charge in [-0.05, 0) is 56.1 Å². The topological polar surface area (TPSA) is 64.1 Å². The first-order valence-electron chi connectivity index (χ1n) is 9.75. The molecule has 1 unspecified atom stereocenters. The van der Waals surface area contributed by atoms with Gasteiger partial charge in [-0.25, -0.2) is 14.2 Å². The van der Waals surface area contributed by atoms with E-state index in [4.69, 9.17) is 0 Å². The summed E-state index contributed by atoms with van der Waals surface area (Å²) in [5, 5.41) is 8.74. The highest BCUT2D eigenvalue weighted by Gasteiger charge is 2.24. The average Bonchev–Trinajstić information content (AvgIpc) is 3.40. The summed E-state index contributed by atoms with van der Waals surface area (Å²) in [6.45, 7) is 5.10. The lowest BCUT2D eigenvalue weighted by atomic mass is 9.93. The van der Waals surface area contributed by atoms with E-state index in [1.54, 1.807) is 6.33 Å². The minimum atomic E-state index is 0.439. The summed E-state index contributed by atoms with van der Waals surface area (Å²) in [4.78, 5) is 11.3. The molecule has 7 nitrogen and oxygen atoms in total. The lowest BCUT2D eigenvalue weighted by Crippen LogP contribution is -2.34. The van der Waals surface area contributed by atoms with E-state index in [0.29, 0.717) is 11.7 Å². The third kappa shape index (κ3) is 3.29. The van der Waals surface area contributed by atoms with Crippen LogP contribution in [0.2, 0.25) is 0 Å². The summed E-state index contributed by atoms with van der Waals surface area (Å²) in [5.74, 6) is 1.13. The molecule has 0 amide bonds. The number of nitrogens with zero attached hydrogens (tertiary/aromatic N) is 7. The van der Waals surface area contributed by atoms with E-state index in [1.807, 2.05) is 34.6 Å². The fourth-order valence-electron chi connectivity index (χ4n) is 4.17. The average molecular weight is 373 g/mol. The van der Waals surface area contributed by atoms with Crippen LogP contribution in [0, 0.1) is 6.92 Å². The fourth-order valence-corrected chi connectivity index (χ4v) is 4.17. The molecule has 1 saturated heterocycles. The second-order valence-electron chi connectivity index (χ2n) is 7.49. The van der Waals surface area contributed by atoms with Gasteiger partial charge < -0.3 is 0 Å². The van der Waals surface area contributed by atoms with Gasteiger partial charge in [0.25, 0.3) is 5.78 Å². The van der Waals surface area contributed by atoms with E-state index < -0.39 is 0 Å². The maximum atomic E-state index is 4.48. The van der Waals surface area contributed by atoms with Crippen LogP contribution in [0.1, 0.15) is 35.7 Å². The van der Waals surface area contributed by atoms with Crippen LogP contribution in [0.4, 0.5) is 0 Å². The molecule has 0 aliphatic carbocycles. The molecule has 7 heteroatoms. The molecule has 1 aliphatic heterocycles. The van der Waals surface area contributed by atoms with Crippen LogP contribution in [0.3, 0.4) is 0 Å². The van der Waals surface area contributed by atoms with Gasteiger partial charge in [0.15, 0.2) is 0 Å². The van der Waals surface area contributed by atoms with Crippen molar-refractivity contribution in [3.05, 3.63) is 72.1 Å². The second kappa shape index (κ2) is 7.16. The summed E-state index contributed by atoms with van der Waals surface area (Å²) in [6.07, 6.45) is 7.73. The zero-order chi connectivity index (χ0) is 18.9. The number of aryl methyl sites for hydroxylation is 1. The van der Waals surface area contributed by atoms with Crippen molar-refractivity contribution < 1.29 is 0 Å². The Hall–Kier alpha value is -3.06. The number of piperidine rings is 1. The molecule has 142 valence electrons. The standard InChI is InChI=1S/C21H23N7/c1-16-11-20(28-21(25-16)22-15-24-28)18-6-3-9-26(14-18)13-17-5-2-7-19(12-17)27-10-4-8-23-27/h2,4-5,7-8,10-12,15,18H,3,6,9,13-14H2,1H3. The Bertz CT molecular complexity index is 1080. The molecule has 0 N–H and O–H groups in total. The van der Waals surface area contributed by atoms with Crippen LogP contribution < -0.4 is 0 Å². The van der Waals surface area contributed by atoms with E-state index in [9.17, 15) is 0 Å². The van der Waals surface area contributed by atoms with E-state index >= 15 is 0 Å². The molecule has 4 aromatic rings. The van der Waals surface area contributed by atoms with Crippen LogP contribution in [0.5, 0.6) is 0 Å². The monoisotopic (exact) mass is 373 g/mol. The number of rotatable bonds is 4. The van der Waals surface area contributed by atoms with Gasteiger partial charge >= 0.3 is 0 Å². The molecule has 0 bridgehead atoms. The van der Waals surface area contributed by atoms with Crippen LogP contribution in [0.15, 0.2) is 55.1 Å². The molecule has 1 aromatic carbocycles. The SMILES string of the molecule is Cc1cc(C2CCCN(Cc3cccc(-n4cccn4)c3)C2)n2ncnc2n1. The van der Waals surface area contributed by atoms with Gasteiger partial charge in [0.1, 0.15) is 6.33 Å². The number of hydrogen-bond acceptors (Lipinski definition) is 5. The highest BCUT2D eigenvalue weighted by Crippen LogP contribution is 2.28. The molecule has 0 saturated carbocycles. The Balaban J connectivity index is 1.36. The Labute approximate surface area is 163 Å². The highest BCUT2D eigenvalue weighted by atomic mass is 15.3. The van der Waals surface area contributed by atoms with Crippen molar-refractivity contribution in [1.29, 1.82) is 0 Å². The third-order valence-electron chi connectivity index (χ3n) is 5.42. The van der Waals surface area contributed by atoms with Gasteiger partial charge in [-0.1, -0.05) is 12.1 Å². The van der Waals surface area contributed by atoms with E-state index in [0.717, 1.165) is 31.0 Å². The highest BCUT2D eigenvalue weighted by molar-refractivity contribution is 5.35. The quantitative estimate of drug-likeness (QED) is 0.550. The first-order valence-corrected chi connectivity index (χ1v) is 9.75. The maximum absolute atomic E-state index is 4.48. The normalized spacial score (nSPS) is 18.0. The molecule has 0 spiro atoms. The number of hydrogen-bond donors (Lipinski definition) is 0. The predicted molar refractivity (Wildman–Crippen MR) is 106 cm³/mol. The molecule has 4 heterocycles. The number of fused-ring (bicyclic) bond motifs is 1. The number of aromatic nitrogens is 6. The predicted octanol–water partition coefficient (Wildman–Crippen LogP) is 3.00. The molecular formula is C21H23N7. The largest absolute Gasteiger partial charge is 0.298 e. The molecule has 3 aromatic heterocycles. The van der Waals surface area contributed by atoms with Gasteiger partial charge in [0, 0.05) is 37.1 Å². The van der Waals surface area contributed by atoms with E-state index in [2.05, 4.69) is 55.4 Å². The Morgan fingerprint density at radius 1 is 1.14 bits per heavy atom. The van der Waals surface area contributed by atoms with Crippen LogP contribution >= 0.6 is 0 Å². The zero-order valence-corrected chi connectivity index (χ0v) is 15.9. The van der Waals surface area contributed by atoms with Crippen LogP contribution in [-0.4, -0.2) is 47.4 Å². The smallest absolute Gasteiger partial charge is 0.252 e. The van der Waals surface area contributed by atoms with Crippen molar-refractivity contribution >= 4 is 5.78 Å². The molecule has 1 fully saturated rings. The molecular weight excluding hydrogens is 350 g/mol. The molecule has 1 aliphatic rings. The van der Waals surface area contributed by atoms with Gasteiger partial charge in [0.2, 0.25) is 0 Å². The summed E-state index contributed by atoms with van der Waals surface area (Å²) < 4.78 is 3.81. The van der Waals surface area contributed by atoms with Gasteiger partial charge in [-0.3, -0.25) is 4.90 Å². The number of benzene rings is 1. The minimum absolute atomic E-state index is 0.439. The van der Waals surface area contributed by atoms with Crippen LogP contribution in [-0.2, 0) is 6.54 Å². The Morgan fingerprint density at radius 2 is 2.11 bits per heavy atom. The van der Waals surface area contributed by atoms with Crippen molar-refractivity contribution in [2.75, 3.05) is 13.1 Å². The van der Waals surface area contributed by atoms with Crippen molar-refractivity contribution in [2.24, 2.45) is 0 Å². The Morgan fingerprint density at radius 3 is 3.00 bits per heavy atom. The minimum Gasteiger partial charge on any atom is -0.298 e. The molecule has 5 rings (SSSR count). The third-order valence-corrected chi connectivity index (χ3v) is 5.42. The molecule has 1 atom stereocenters. The molecule has 0 radical (unpaired) electrons. The lowest BCUT2D eigenvalue weighted by molar-refractivity contribution is 0.197. The first-order chi connectivity index (χ1) is 13.8. The van der Waals surface area contributed by atoms with E-state index in [1.165, 1.54) is 24.1 Å². The lowest BCUT2D eigenvalue weighted by Gasteiger charge is -2.33.